The topological polar surface area (TPSA) is 32.6 Å². The Morgan fingerprint density at radius 3 is 2.78 bits per heavy atom. The van der Waals surface area contributed by atoms with E-state index in [0.29, 0.717) is 0 Å². The SMILES string of the molecule is Cc1cc2ccccc2n1C1N=CC2=C(CNCC2)N1Cc1ccccc1. The van der Waals surface area contributed by atoms with Gasteiger partial charge in [-0.3, -0.25) is 0 Å². The van der Waals surface area contributed by atoms with Crippen molar-refractivity contribution in [2.75, 3.05) is 13.1 Å². The van der Waals surface area contributed by atoms with Crippen molar-refractivity contribution in [3.05, 3.63) is 83.2 Å². The Bertz CT molecular complexity index is 1030. The van der Waals surface area contributed by atoms with Gasteiger partial charge in [0.1, 0.15) is 0 Å². The van der Waals surface area contributed by atoms with Gasteiger partial charge in [-0.2, -0.15) is 0 Å². The summed E-state index contributed by atoms with van der Waals surface area (Å²) in [5.41, 5.74) is 6.54. The van der Waals surface area contributed by atoms with Gasteiger partial charge in [0.2, 0.25) is 6.29 Å². The number of nitrogens with zero attached hydrogens (tertiary/aromatic N) is 3. The van der Waals surface area contributed by atoms with E-state index < -0.39 is 0 Å². The summed E-state index contributed by atoms with van der Waals surface area (Å²) in [6, 6.07) is 21.5. The summed E-state index contributed by atoms with van der Waals surface area (Å²) in [7, 11) is 0. The number of rotatable bonds is 3. The molecule has 136 valence electrons. The maximum atomic E-state index is 5.02. The van der Waals surface area contributed by atoms with E-state index in [1.54, 1.807) is 0 Å². The van der Waals surface area contributed by atoms with Crippen LogP contribution in [-0.4, -0.2) is 28.8 Å². The van der Waals surface area contributed by atoms with Crippen molar-refractivity contribution in [3.8, 4) is 0 Å². The molecule has 3 aromatic rings. The summed E-state index contributed by atoms with van der Waals surface area (Å²) in [5, 5.41) is 4.82. The first kappa shape index (κ1) is 16.3. The number of hydrogen-bond donors (Lipinski definition) is 1. The highest BCUT2D eigenvalue weighted by atomic mass is 15.4. The van der Waals surface area contributed by atoms with Crippen LogP contribution in [0.1, 0.15) is 24.0 Å². The second-order valence-corrected chi connectivity index (χ2v) is 7.35. The maximum Gasteiger partial charge on any atom is 0.203 e. The van der Waals surface area contributed by atoms with Crippen molar-refractivity contribution in [1.82, 2.24) is 14.8 Å². The average Bonchev–Trinajstić information content (AvgIpc) is 3.05. The van der Waals surface area contributed by atoms with Gasteiger partial charge in [-0.15, -0.1) is 0 Å². The highest BCUT2D eigenvalue weighted by molar-refractivity contribution is 5.83. The Balaban J connectivity index is 1.62. The second-order valence-electron chi connectivity index (χ2n) is 7.35. The molecule has 5 rings (SSSR count). The molecule has 0 fully saturated rings. The van der Waals surface area contributed by atoms with Gasteiger partial charge in [0, 0.05) is 30.7 Å². The lowest BCUT2D eigenvalue weighted by Gasteiger charge is -2.40. The first-order chi connectivity index (χ1) is 13.3. The van der Waals surface area contributed by atoms with Crippen LogP contribution >= 0.6 is 0 Å². The summed E-state index contributed by atoms with van der Waals surface area (Å²) >= 11 is 0. The standard InChI is InChI=1S/C23H24N4/c1-17-13-19-9-5-6-10-21(19)27(17)23-25-14-20-11-12-24-15-22(20)26(23)16-18-7-3-2-4-8-18/h2-10,13-14,23-24H,11-12,15-16H2,1H3. The molecule has 0 bridgehead atoms. The highest BCUT2D eigenvalue weighted by Gasteiger charge is 2.30. The molecule has 1 aromatic heterocycles. The lowest BCUT2D eigenvalue weighted by Crippen LogP contribution is -2.41. The molecular formula is C23H24N4. The van der Waals surface area contributed by atoms with Crippen molar-refractivity contribution in [3.63, 3.8) is 0 Å². The van der Waals surface area contributed by atoms with Crippen LogP contribution in [0.15, 0.2) is 76.9 Å². The molecule has 4 heteroatoms. The molecule has 1 unspecified atom stereocenters. The van der Waals surface area contributed by atoms with E-state index >= 15 is 0 Å². The normalized spacial score (nSPS) is 19.6. The number of nitrogens with one attached hydrogen (secondary N) is 1. The highest BCUT2D eigenvalue weighted by Crippen LogP contribution is 2.34. The molecule has 0 saturated heterocycles. The summed E-state index contributed by atoms with van der Waals surface area (Å²) in [6.07, 6.45) is 3.10. The fourth-order valence-electron chi connectivity index (χ4n) is 4.27. The maximum absolute atomic E-state index is 5.02. The van der Waals surface area contributed by atoms with E-state index in [2.05, 4.69) is 88.6 Å². The van der Waals surface area contributed by atoms with Crippen molar-refractivity contribution < 1.29 is 0 Å². The smallest absolute Gasteiger partial charge is 0.203 e. The Kier molecular flexibility index (Phi) is 4.06. The fraction of sp³-hybridized carbons (Fsp3) is 0.261. The Morgan fingerprint density at radius 2 is 1.89 bits per heavy atom. The number of aryl methyl sites for hydroxylation is 1. The van der Waals surface area contributed by atoms with Crippen LogP contribution in [0.3, 0.4) is 0 Å². The van der Waals surface area contributed by atoms with Gasteiger partial charge < -0.3 is 14.8 Å². The Morgan fingerprint density at radius 1 is 1.07 bits per heavy atom. The van der Waals surface area contributed by atoms with Crippen molar-refractivity contribution in [1.29, 1.82) is 0 Å². The molecule has 1 atom stereocenters. The summed E-state index contributed by atoms with van der Waals surface area (Å²) in [4.78, 5) is 7.49. The molecule has 4 nitrogen and oxygen atoms in total. The van der Waals surface area contributed by atoms with Gasteiger partial charge >= 0.3 is 0 Å². The van der Waals surface area contributed by atoms with Gasteiger partial charge in [0.05, 0.1) is 5.52 Å². The number of benzene rings is 2. The number of aliphatic imine (C=N–C) groups is 1. The molecule has 1 N–H and O–H groups in total. The lowest BCUT2D eigenvalue weighted by atomic mass is 10.0. The molecule has 0 saturated carbocycles. The average molecular weight is 356 g/mol. The summed E-state index contributed by atoms with van der Waals surface area (Å²) in [5.74, 6) is 0. The van der Waals surface area contributed by atoms with E-state index in [9.17, 15) is 0 Å². The van der Waals surface area contributed by atoms with Crippen LogP contribution in [0.4, 0.5) is 0 Å². The number of para-hydroxylation sites is 1. The van der Waals surface area contributed by atoms with E-state index in [1.165, 1.54) is 33.4 Å². The monoisotopic (exact) mass is 356 g/mol. The second kappa shape index (κ2) is 6.71. The predicted molar refractivity (Wildman–Crippen MR) is 111 cm³/mol. The quantitative estimate of drug-likeness (QED) is 0.761. The number of aromatic nitrogens is 1. The molecule has 0 radical (unpaired) electrons. The zero-order valence-electron chi connectivity index (χ0n) is 15.6. The summed E-state index contributed by atoms with van der Waals surface area (Å²) in [6.45, 7) is 4.97. The molecule has 3 heterocycles. The van der Waals surface area contributed by atoms with Crippen molar-refractivity contribution in [2.24, 2.45) is 4.99 Å². The molecule has 2 aliphatic heterocycles. The van der Waals surface area contributed by atoms with Crippen LogP contribution in [0, 0.1) is 6.92 Å². The number of fused-ring (bicyclic) bond motifs is 1. The van der Waals surface area contributed by atoms with Crippen LogP contribution in [0.5, 0.6) is 0 Å². The molecule has 0 aliphatic carbocycles. The zero-order chi connectivity index (χ0) is 18.2. The largest absolute Gasteiger partial charge is 0.330 e. The van der Waals surface area contributed by atoms with E-state index in [-0.39, 0.29) is 6.29 Å². The Hall–Kier alpha value is -2.85. The zero-order valence-corrected chi connectivity index (χ0v) is 15.6. The fourth-order valence-corrected chi connectivity index (χ4v) is 4.27. The third-order valence-corrected chi connectivity index (χ3v) is 5.59. The van der Waals surface area contributed by atoms with Crippen LogP contribution in [-0.2, 0) is 6.54 Å². The minimum absolute atomic E-state index is 0.0521. The molecule has 0 spiro atoms. The van der Waals surface area contributed by atoms with E-state index in [0.717, 1.165) is 26.1 Å². The predicted octanol–water partition coefficient (Wildman–Crippen LogP) is 4.24. The first-order valence-corrected chi connectivity index (χ1v) is 9.64. The minimum Gasteiger partial charge on any atom is -0.330 e. The molecular weight excluding hydrogens is 332 g/mol. The minimum atomic E-state index is -0.0521. The third kappa shape index (κ3) is 2.86. The van der Waals surface area contributed by atoms with Crippen molar-refractivity contribution in [2.45, 2.75) is 26.2 Å². The van der Waals surface area contributed by atoms with Crippen LogP contribution in [0.25, 0.3) is 10.9 Å². The first-order valence-electron chi connectivity index (χ1n) is 9.64. The van der Waals surface area contributed by atoms with Gasteiger partial charge in [0.15, 0.2) is 0 Å². The molecule has 2 aliphatic rings. The van der Waals surface area contributed by atoms with Crippen molar-refractivity contribution >= 4 is 17.1 Å². The number of hydrogen-bond acceptors (Lipinski definition) is 3. The summed E-state index contributed by atoms with van der Waals surface area (Å²) < 4.78 is 2.37. The van der Waals surface area contributed by atoms with Gasteiger partial charge in [-0.25, -0.2) is 4.99 Å². The van der Waals surface area contributed by atoms with E-state index in [1.807, 2.05) is 0 Å². The lowest BCUT2D eigenvalue weighted by molar-refractivity contribution is 0.175. The molecule has 2 aromatic carbocycles. The van der Waals surface area contributed by atoms with Gasteiger partial charge in [-0.1, -0.05) is 48.5 Å². The van der Waals surface area contributed by atoms with Crippen LogP contribution < -0.4 is 5.32 Å². The van der Waals surface area contributed by atoms with Gasteiger partial charge in [-0.05, 0) is 48.5 Å². The van der Waals surface area contributed by atoms with Gasteiger partial charge in [0.25, 0.3) is 0 Å². The molecule has 27 heavy (non-hydrogen) atoms. The van der Waals surface area contributed by atoms with Crippen LogP contribution in [0.2, 0.25) is 0 Å². The third-order valence-electron chi connectivity index (χ3n) is 5.59. The molecule has 0 amide bonds. The van der Waals surface area contributed by atoms with E-state index in [4.69, 9.17) is 4.99 Å². The Labute approximate surface area is 159 Å².